The standard InChI is InChI=1S/C29H36N4O9/c1-33(2)22-15-9-12-8-14-17(42-3)10-16(32-18(34)11-31-13-6-4-5-7-13)23(35)20(14)24(36)19(12)26(38)29(15,41)27(39)21(25(22)37)28(30)40/h10,12-13,15,22,31,35-36,39,41H,4-9,11H2,1-3H3,(H2,30,40)(H,32,34)/t12-,15-,22-,29-/m0/s1. The maximum Gasteiger partial charge on any atom is 0.255 e. The Morgan fingerprint density at radius 2 is 1.83 bits per heavy atom. The van der Waals surface area contributed by atoms with E-state index in [0.29, 0.717) is 5.56 Å². The number of ketones is 2. The van der Waals surface area contributed by atoms with Gasteiger partial charge in [0.25, 0.3) is 5.91 Å². The Morgan fingerprint density at radius 1 is 1.17 bits per heavy atom. The monoisotopic (exact) mass is 584 g/mol. The van der Waals surface area contributed by atoms with Gasteiger partial charge in [-0.1, -0.05) is 12.8 Å². The summed E-state index contributed by atoms with van der Waals surface area (Å²) in [6, 6.07) is 0.498. The van der Waals surface area contributed by atoms with Crippen molar-refractivity contribution in [2.45, 2.75) is 56.2 Å². The van der Waals surface area contributed by atoms with Crippen molar-refractivity contribution < 1.29 is 44.3 Å². The minimum atomic E-state index is -2.73. The molecule has 0 bridgehead atoms. The van der Waals surface area contributed by atoms with Crippen LogP contribution in [0.25, 0.3) is 5.76 Å². The Kier molecular flexibility index (Phi) is 7.54. The first-order valence-electron chi connectivity index (χ1n) is 13.9. The van der Waals surface area contributed by atoms with Crippen LogP contribution in [0.4, 0.5) is 5.69 Å². The number of aliphatic hydroxyl groups is 3. The van der Waals surface area contributed by atoms with Gasteiger partial charge in [-0.3, -0.25) is 24.1 Å². The van der Waals surface area contributed by atoms with Crippen LogP contribution in [0, 0.1) is 11.8 Å². The van der Waals surface area contributed by atoms with Crippen LogP contribution in [-0.4, -0.2) is 94.1 Å². The lowest BCUT2D eigenvalue weighted by Crippen LogP contribution is -2.65. The van der Waals surface area contributed by atoms with Crippen LogP contribution in [-0.2, 0) is 25.6 Å². The number of hydrogen-bond acceptors (Lipinski definition) is 11. The molecule has 1 aromatic rings. The number of rotatable bonds is 7. The van der Waals surface area contributed by atoms with Crippen molar-refractivity contribution in [1.29, 1.82) is 0 Å². The molecule has 2 saturated carbocycles. The summed E-state index contributed by atoms with van der Waals surface area (Å²) in [4.78, 5) is 53.5. The molecule has 0 saturated heterocycles. The first kappa shape index (κ1) is 29.5. The molecule has 0 radical (unpaired) electrons. The number of amides is 2. The summed E-state index contributed by atoms with van der Waals surface area (Å²) in [6.45, 7) is 0.00509. The quantitative estimate of drug-likeness (QED) is 0.173. The van der Waals surface area contributed by atoms with Crippen LogP contribution in [0.1, 0.15) is 43.2 Å². The van der Waals surface area contributed by atoms with Gasteiger partial charge in [-0.05, 0) is 45.7 Å². The molecule has 2 amide bonds. The van der Waals surface area contributed by atoms with E-state index in [0.717, 1.165) is 25.7 Å². The summed E-state index contributed by atoms with van der Waals surface area (Å²) < 4.78 is 5.54. The van der Waals surface area contributed by atoms with Crippen LogP contribution in [0.2, 0.25) is 0 Å². The van der Waals surface area contributed by atoms with Gasteiger partial charge in [-0.15, -0.1) is 0 Å². The second kappa shape index (κ2) is 10.7. The van der Waals surface area contributed by atoms with Gasteiger partial charge in [0.15, 0.2) is 17.1 Å². The van der Waals surface area contributed by atoms with Crippen molar-refractivity contribution in [3.63, 3.8) is 0 Å². The molecule has 8 N–H and O–H groups in total. The van der Waals surface area contributed by atoms with Crippen molar-refractivity contribution in [1.82, 2.24) is 10.2 Å². The first-order chi connectivity index (χ1) is 19.8. The van der Waals surface area contributed by atoms with E-state index in [2.05, 4.69) is 10.6 Å². The summed E-state index contributed by atoms with van der Waals surface area (Å²) in [5.41, 5.74) is 1.61. The fourth-order valence-electron chi connectivity index (χ4n) is 7.12. The number of nitrogens with zero attached hydrogens (tertiary/aromatic N) is 1. The summed E-state index contributed by atoms with van der Waals surface area (Å²) in [7, 11) is 4.46. The zero-order valence-corrected chi connectivity index (χ0v) is 23.7. The second-order valence-corrected chi connectivity index (χ2v) is 11.7. The number of likely N-dealkylation sites (N-methyl/N-ethyl adjacent to an activating group) is 1. The third-order valence-corrected chi connectivity index (χ3v) is 9.08. The highest BCUT2D eigenvalue weighted by Crippen LogP contribution is 2.54. The fraction of sp³-hybridized carbons (Fsp3) is 0.517. The maximum atomic E-state index is 14.0. The van der Waals surface area contributed by atoms with Gasteiger partial charge in [0.2, 0.25) is 11.7 Å². The highest BCUT2D eigenvalue weighted by molar-refractivity contribution is 6.24. The number of methoxy groups -OCH3 is 1. The van der Waals surface area contributed by atoms with Crippen LogP contribution in [0.15, 0.2) is 23.0 Å². The molecule has 13 nitrogen and oxygen atoms in total. The molecular weight excluding hydrogens is 548 g/mol. The number of phenolic OH excluding ortho intramolecular Hbond substituents is 1. The van der Waals surface area contributed by atoms with Gasteiger partial charge >= 0.3 is 0 Å². The minimum absolute atomic E-state index is 0.00509. The number of primary amides is 1. The van der Waals surface area contributed by atoms with Crippen molar-refractivity contribution in [3.05, 3.63) is 34.1 Å². The third-order valence-electron chi connectivity index (χ3n) is 9.08. The van der Waals surface area contributed by atoms with Crippen molar-refractivity contribution in [3.8, 4) is 11.5 Å². The van der Waals surface area contributed by atoms with Gasteiger partial charge in [0.05, 0.1) is 30.9 Å². The third kappa shape index (κ3) is 4.43. The molecule has 226 valence electrons. The van der Waals surface area contributed by atoms with E-state index in [1.807, 2.05) is 0 Å². The molecule has 0 spiro atoms. The van der Waals surface area contributed by atoms with Crippen LogP contribution >= 0.6 is 0 Å². The molecule has 4 aliphatic rings. The number of carbonyl (C=O) groups excluding carboxylic acids is 4. The highest BCUT2D eigenvalue weighted by atomic mass is 16.5. The lowest BCUT2D eigenvalue weighted by molar-refractivity contribution is -0.153. The highest BCUT2D eigenvalue weighted by Gasteiger charge is 2.64. The molecule has 0 aromatic heterocycles. The molecule has 13 heteroatoms. The van der Waals surface area contributed by atoms with Crippen LogP contribution in [0.3, 0.4) is 0 Å². The predicted molar refractivity (Wildman–Crippen MR) is 150 cm³/mol. The SMILES string of the molecule is COc1cc(NC(=O)CNC2CCCC2)c(O)c2c1C[C@H]1C[C@H]3[C@H](N(C)C)C(=O)C(C(N)=O)=C(O)[C@@]3(O)C(=O)C1=C2O. The van der Waals surface area contributed by atoms with E-state index < -0.39 is 69.7 Å². The Labute approximate surface area is 242 Å². The number of Topliss-reactive ketones (excluding diaryl/α,β-unsaturated/α-hetero) is 2. The van der Waals surface area contributed by atoms with Crippen LogP contribution < -0.4 is 21.1 Å². The first-order valence-corrected chi connectivity index (χ1v) is 13.9. The molecule has 0 unspecified atom stereocenters. The van der Waals surface area contributed by atoms with Gasteiger partial charge in [-0.2, -0.15) is 0 Å². The zero-order valence-electron chi connectivity index (χ0n) is 23.7. The number of ether oxygens (including phenoxy) is 1. The van der Waals surface area contributed by atoms with Gasteiger partial charge in [-0.25, -0.2) is 0 Å². The smallest absolute Gasteiger partial charge is 0.255 e. The number of phenols is 1. The molecule has 0 aliphatic heterocycles. The number of fused-ring (bicyclic) bond motifs is 3. The number of carbonyl (C=O) groups is 4. The average Bonchev–Trinajstić information content (AvgIpc) is 3.44. The summed E-state index contributed by atoms with van der Waals surface area (Å²) in [5.74, 6) is -7.67. The molecule has 42 heavy (non-hydrogen) atoms. The lowest BCUT2D eigenvalue weighted by Gasteiger charge is -2.50. The van der Waals surface area contributed by atoms with E-state index in [-0.39, 0.29) is 48.0 Å². The number of benzene rings is 1. The Balaban J connectivity index is 1.58. The molecule has 5 rings (SSSR count). The number of nitrogens with one attached hydrogen (secondary N) is 2. The van der Waals surface area contributed by atoms with Gasteiger partial charge in [0, 0.05) is 29.2 Å². The fourth-order valence-corrected chi connectivity index (χ4v) is 7.12. The van der Waals surface area contributed by atoms with E-state index in [9.17, 15) is 39.6 Å². The molecule has 2 fully saturated rings. The number of hydrogen-bond donors (Lipinski definition) is 7. The molecule has 1 aromatic carbocycles. The van der Waals surface area contributed by atoms with E-state index in [4.69, 9.17) is 10.5 Å². The molecule has 4 atom stereocenters. The van der Waals surface area contributed by atoms with E-state index >= 15 is 0 Å². The largest absolute Gasteiger partial charge is 0.508 e. The Bertz CT molecular complexity index is 1440. The number of nitrogens with two attached hydrogens (primary N) is 1. The Morgan fingerprint density at radius 3 is 2.43 bits per heavy atom. The number of aromatic hydroxyl groups is 1. The normalized spacial score (nSPS) is 27.6. The molecule has 0 heterocycles. The van der Waals surface area contributed by atoms with E-state index in [1.54, 1.807) is 0 Å². The lowest BCUT2D eigenvalue weighted by atomic mass is 9.57. The Hall–Kier alpha value is -3.94. The van der Waals surface area contributed by atoms with Gasteiger partial charge in [0.1, 0.15) is 22.8 Å². The topological polar surface area (TPSA) is 212 Å². The zero-order chi connectivity index (χ0) is 30.7. The van der Waals surface area contributed by atoms with Crippen molar-refractivity contribution in [2.24, 2.45) is 17.6 Å². The maximum absolute atomic E-state index is 14.0. The summed E-state index contributed by atoms with van der Waals surface area (Å²) in [6.07, 6.45) is 4.17. The summed E-state index contributed by atoms with van der Waals surface area (Å²) in [5, 5.41) is 51.2. The minimum Gasteiger partial charge on any atom is -0.508 e. The molecular formula is C29H36N4O9. The van der Waals surface area contributed by atoms with E-state index in [1.165, 1.54) is 32.2 Å². The second-order valence-electron chi connectivity index (χ2n) is 11.7. The van der Waals surface area contributed by atoms with Crippen LogP contribution in [0.5, 0.6) is 11.5 Å². The number of aliphatic hydroxyl groups excluding tert-OH is 2. The average molecular weight is 585 g/mol. The van der Waals surface area contributed by atoms with Crippen molar-refractivity contribution >= 4 is 34.8 Å². The predicted octanol–water partition coefficient (Wildman–Crippen LogP) is 0.443. The molecule has 4 aliphatic carbocycles. The summed E-state index contributed by atoms with van der Waals surface area (Å²) >= 11 is 0. The number of anilines is 1. The van der Waals surface area contributed by atoms with Crippen molar-refractivity contribution in [2.75, 3.05) is 33.1 Å². The van der Waals surface area contributed by atoms with Gasteiger partial charge < -0.3 is 41.5 Å².